The van der Waals surface area contributed by atoms with Crippen molar-refractivity contribution in [2.75, 3.05) is 31.6 Å². The van der Waals surface area contributed by atoms with Crippen LogP contribution >= 0.6 is 0 Å². The van der Waals surface area contributed by atoms with E-state index >= 15 is 0 Å². The number of alkyl halides is 3. The van der Waals surface area contributed by atoms with Gasteiger partial charge in [0.25, 0.3) is 11.5 Å². The molecule has 3 aromatic rings. The van der Waals surface area contributed by atoms with Crippen LogP contribution in [-0.4, -0.2) is 58.0 Å². The topological polar surface area (TPSA) is 94.2 Å². The van der Waals surface area contributed by atoms with Crippen molar-refractivity contribution in [3.63, 3.8) is 0 Å². The van der Waals surface area contributed by atoms with Gasteiger partial charge in [-0.1, -0.05) is 0 Å². The van der Waals surface area contributed by atoms with Gasteiger partial charge in [-0.25, -0.2) is 4.98 Å². The Kier molecular flexibility index (Phi) is 6.31. The summed E-state index contributed by atoms with van der Waals surface area (Å²) in [6, 6.07) is 5.27. The fourth-order valence-electron chi connectivity index (χ4n) is 4.56. The van der Waals surface area contributed by atoms with Crippen LogP contribution in [0.15, 0.2) is 35.4 Å². The predicted octanol–water partition coefficient (Wildman–Crippen LogP) is 3.11. The molecule has 0 unspecified atom stereocenters. The highest BCUT2D eigenvalue weighted by Gasteiger charge is 2.37. The minimum Gasteiger partial charge on any atom is -0.367 e. The van der Waals surface area contributed by atoms with Crippen LogP contribution in [0.2, 0.25) is 0 Å². The molecule has 0 bridgehead atoms. The van der Waals surface area contributed by atoms with E-state index in [0.29, 0.717) is 18.8 Å². The highest BCUT2D eigenvalue weighted by atomic mass is 19.4. The van der Waals surface area contributed by atoms with Crippen molar-refractivity contribution in [2.24, 2.45) is 0 Å². The van der Waals surface area contributed by atoms with Crippen LogP contribution in [0.25, 0.3) is 11.0 Å². The standard InChI is InChI=1S/C24H27F3N6O2/c1-14-19(24(25,26)27)22(35)31-18-9-15(10-30-20(14)18)12-33-8-7-32(13-23(33,2)3)16-5-6-17(29-11-16)21(34)28-4/h5-6,9-11H,7-8,12-13H2,1-4H3,(H,28,34)(H,31,35). The number of piperazine rings is 1. The summed E-state index contributed by atoms with van der Waals surface area (Å²) in [5.41, 5.74) is -0.282. The Hall–Kier alpha value is -3.47. The number of hydrogen-bond acceptors (Lipinski definition) is 6. The van der Waals surface area contributed by atoms with Gasteiger partial charge in [0.15, 0.2) is 0 Å². The van der Waals surface area contributed by atoms with Crippen molar-refractivity contribution in [1.29, 1.82) is 0 Å². The second-order valence-electron chi connectivity index (χ2n) is 9.33. The van der Waals surface area contributed by atoms with E-state index in [9.17, 15) is 22.8 Å². The number of aromatic nitrogens is 3. The average molecular weight is 489 g/mol. The Morgan fingerprint density at radius 2 is 1.94 bits per heavy atom. The molecular weight excluding hydrogens is 461 g/mol. The molecule has 2 N–H and O–H groups in total. The molecule has 8 nitrogen and oxygen atoms in total. The number of halogens is 3. The van der Waals surface area contributed by atoms with E-state index in [1.807, 2.05) is 6.07 Å². The third kappa shape index (κ3) is 4.86. The first kappa shape index (κ1) is 24.6. The lowest BCUT2D eigenvalue weighted by molar-refractivity contribution is -0.139. The number of H-pyrrole nitrogens is 1. The largest absolute Gasteiger partial charge is 0.422 e. The SMILES string of the molecule is CNC(=O)c1ccc(N2CCN(Cc3cnc4c(C)c(C(F)(F)F)c(=O)[nH]c4c3)C(C)(C)C2)cn1. The maximum atomic E-state index is 13.3. The number of pyridine rings is 3. The molecule has 0 radical (unpaired) electrons. The quantitative estimate of drug-likeness (QED) is 0.586. The number of aromatic amines is 1. The van der Waals surface area contributed by atoms with E-state index in [1.54, 1.807) is 31.6 Å². The average Bonchev–Trinajstić information content (AvgIpc) is 2.78. The molecule has 0 aliphatic carbocycles. The third-order valence-corrected chi connectivity index (χ3v) is 6.45. The van der Waals surface area contributed by atoms with Crippen molar-refractivity contribution >= 4 is 22.6 Å². The zero-order valence-corrected chi connectivity index (χ0v) is 20.0. The van der Waals surface area contributed by atoms with Gasteiger partial charge < -0.3 is 15.2 Å². The van der Waals surface area contributed by atoms with E-state index in [-0.39, 0.29) is 28.0 Å². The molecule has 11 heteroatoms. The van der Waals surface area contributed by atoms with Crippen LogP contribution in [-0.2, 0) is 12.7 Å². The van der Waals surface area contributed by atoms with Crippen molar-refractivity contribution in [3.8, 4) is 0 Å². The number of nitrogens with one attached hydrogen (secondary N) is 2. The molecule has 0 saturated carbocycles. The molecule has 1 fully saturated rings. The van der Waals surface area contributed by atoms with Gasteiger partial charge in [0, 0.05) is 45.0 Å². The second-order valence-corrected chi connectivity index (χ2v) is 9.33. The van der Waals surface area contributed by atoms with Gasteiger partial charge >= 0.3 is 6.18 Å². The number of rotatable bonds is 4. The van der Waals surface area contributed by atoms with E-state index in [4.69, 9.17) is 0 Å². The van der Waals surface area contributed by atoms with Crippen LogP contribution < -0.4 is 15.8 Å². The lowest BCUT2D eigenvalue weighted by Gasteiger charge is -2.48. The smallest absolute Gasteiger partial charge is 0.367 e. The summed E-state index contributed by atoms with van der Waals surface area (Å²) in [6.07, 6.45) is -1.48. The maximum Gasteiger partial charge on any atom is 0.422 e. The minimum absolute atomic E-state index is 0.137. The molecule has 35 heavy (non-hydrogen) atoms. The number of nitrogens with zero attached hydrogens (tertiary/aromatic N) is 4. The van der Waals surface area contributed by atoms with Crippen LogP contribution in [0.5, 0.6) is 0 Å². The van der Waals surface area contributed by atoms with E-state index in [1.165, 1.54) is 6.92 Å². The van der Waals surface area contributed by atoms with Gasteiger partial charge in [-0.2, -0.15) is 13.2 Å². The fraction of sp³-hybridized carbons (Fsp3) is 0.417. The predicted molar refractivity (Wildman–Crippen MR) is 126 cm³/mol. The number of amides is 1. The minimum atomic E-state index is -4.74. The summed E-state index contributed by atoms with van der Waals surface area (Å²) in [5, 5.41) is 2.55. The van der Waals surface area contributed by atoms with Crippen LogP contribution in [0, 0.1) is 6.92 Å². The van der Waals surface area contributed by atoms with E-state index in [2.05, 4.69) is 43.9 Å². The number of aryl methyl sites for hydroxylation is 1. The Bertz CT molecular complexity index is 1320. The Morgan fingerprint density at radius 1 is 1.20 bits per heavy atom. The van der Waals surface area contributed by atoms with Gasteiger partial charge in [-0.15, -0.1) is 0 Å². The second kappa shape index (κ2) is 8.95. The summed E-state index contributed by atoms with van der Waals surface area (Å²) in [7, 11) is 1.56. The molecule has 0 aromatic carbocycles. The van der Waals surface area contributed by atoms with Crippen LogP contribution in [0.1, 0.15) is 41.0 Å². The number of carbonyl (C=O) groups is 1. The number of hydrogen-bond donors (Lipinski definition) is 2. The summed E-state index contributed by atoms with van der Waals surface area (Å²) in [4.78, 5) is 39.2. The first-order valence-electron chi connectivity index (χ1n) is 11.2. The molecule has 3 aromatic heterocycles. The highest BCUT2D eigenvalue weighted by Crippen LogP contribution is 2.32. The fourth-order valence-corrected chi connectivity index (χ4v) is 4.56. The molecule has 186 valence electrons. The monoisotopic (exact) mass is 488 g/mol. The van der Waals surface area contributed by atoms with Crippen molar-refractivity contribution in [2.45, 2.75) is 39.0 Å². The number of anilines is 1. The van der Waals surface area contributed by atoms with Gasteiger partial charge in [0.2, 0.25) is 0 Å². The number of carbonyl (C=O) groups excluding carboxylic acids is 1. The molecule has 0 spiro atoms. The lowest BCUT2D eigenvalue weighted by atomic mass is 9.97. The summed E-state index contributed by atoms with van der Waals surface area (Å²) < 4.78 is 39.8. The Labute approximate surface area is 200 Å². The Balaban J connectivity index is 1.52. The van der Waals surface area contributed by atoms with Crippen LogP contribution in [0.4, 0.5) is 18.9 Å². The molecule has 1 amide bonds. The summed E-state index contributed by atoms with van der Waals surface area (Å²) >= 11 is 0. The molecule has 1 saturated heterocycles. The van der Waals surface area contributed by atoms with Crippen molar-refractivity contribution < 1.29 is 18.0 Å². The van der Waals surface area contributed by atoms with E-state index in [0.717, 1.165) is 24.3 Å². The van der Waals surface area contributed by atoms with E-state index < -0.39 is 17.3 Å². The molecule has 1 aliphatic rings. The molecule has 4 rings (SSSR count). The van der Waals surface area contributed by atoms with Gasteiger partial charge in [-0.3, -0.25) is 19.5 Å². The highest BCUT2D eigenvalue weighted by molar-refractivity contribution is 5.92. The van der Waals surface area contributed by atoms with Crippen LogP contribution in [0.3, 0.4) is 0 Å². The molecule has 1 aliphatic heterocycles. The third-order valence-electron chi connectivity index (χ3n) is 6.45. The number of fused-ring (bicyclic) bond motifs is 1. The Morgan fingerprint density at radius 3 is 2.54 bits per heavy atom. The molecule has 4 heterocycles. The van der Waals surface area contributed by atoms with Gasteiger partial charge in [0.1, 0.15) is 11.3 Å². The normalized spacial score (nSPS) is 16.5. The lowest BCUT2D eigenvalue weighted by Crippen LogP contribution is -2.59. The first-order chi connectivity index (χ1) is 16.4. The summed E-state index contributed by atoms with van der Waals surface area (Å²) in [6.45, 7) is 8.19. The summed E-state index contributed by atoms with van der Waals surface area (Å²) in [5.74, 6) is -0.239. The zero-order chi connectivity index (χ0) is 25.5. The maximum absolute atomic E-state index is 13.3. The van der Waals surface area contributed by atoms with Crippen molar-refractivity contribution in [1.82, 2.24) is 25.2 Å². The van der Waals surface area contributed by atoms with Gasteiger partial charge in [-0.05, 0) is 50.1 Å². The molecular formula is C24H27F3N6O2. The molecule has 0 atom stereocenters. The van der Waals surface area contributed by atoms with Crippen molar-refractivity contribution in [3.05, 3.63) is 63.3 Å². The van der Waals surface area contributed by atoms with Gasteiger partial charge in [0.05, 0.1) is 22.9 Å². The first-order valence-corrected chi connectivity index (χ1v) is 11.2. The zero-order valence-electron chi connectivity index (χ0n) is 20.0.